The summed E-state index contributed by atoms with van der Waals surface area (Å²) in [6.45, 7) is 15.4. The predicted molar refractivity (Wildman–Crippen MR) is 288 cm³/mol. The van der Waals surface area contributed by atoms with Crippen molar-refractivity contribution in [2.24, 2.45) is 11.5 Å². The molecule has 23 heteroatoms. The van der Waals surface area contributed by atoms with Crippen molar-refractivity contribution in [1.29, 1.82) is 0 Å². The highest BCUT2D eigenvalue weighted by Crippen LogP contribution is 2.33. The van der Waals surface area contributed by atoms with Crippen molar-refractivity contribution in [3.8, 4) is 23.0 Å². The monoisotopic (exact) mass is 1090 g/mol. The Balaban J connectivity index is 0.000000522. The number of carbonyl (C=O) groups is 7. The van der Waals surface area contributed by atoms with E-state index in [1.54, 1.807) is 83.4 Å². The number of hydrogen-bond donors (Lipinski definition) is 5. The normalized spacial score (nSPS) is 17.2. The molecule has 7 N–H and O–H groups in total. The molecule has 0 unspecified atom stereocenters. The van der Waals surface area contributed by atoms with Crippen molar-refractivity contribution in [1.82, 2.24) is 30.7 Å². The molecule has 2 aromatic carbocycles. The molecule has 2 heterocycles. The van der Waals surface area contributed by atoms with Crippen molar-refractivity contribution in [2.75, 3.05) is 81.0 Å². The van der Waals surface area contributed by atoms with Crippen molar-refractivity contribution < 1.29 is 66.7 Å². The molecular weight excluding hydrogens is 1010 g/mol. The lowest BCUT2D eigenvalue weighted by atomic mass is 9.93. The Morgan fingerprint density at radius 3 is 1.53 bits per heavy atom. The number of carbonyl (C=O) groups excluding carboxylic acids is 7. The molecule has 2 fully saturated rings. The van der Waals surface area contributed by atoms with Gasteiger partial charge in [0.25, 0.3) is 11.8 Å². The van der Waals surface area contributed by atoms with E-state index in [4.69, 9.17) is 44.6 Å². The number of nitrogens with zero attached hydrogens (tertiary/aromatic N) is 3. The summed E-state index contributed by atoms with van der Waals surface area (Å²) in [5.41, 5.74) is 10.4. The van der Waals surface area contributed by atoms with Crippen LogP contribution in [0.1, 0.15) is 121 Å². The Morgan fingerprint density at radius 2 is 1.12 bits per heavy atom. The van der Waals surface area contributed by atoms with E-state index in [9.17, 15) is 33.6 Å². The third-order valence-electron chi connectivity index (χ3n) is 12.3. The topological polar surface area (TPSA) is 282 Å². The molecular formula is C53H85ClN8O14. The summed E-state index contributed by atoms with van der Waals surface area (Å²) in [7, 11) is 6.37. The largest absolute Gasteiger partial charge is 0.493 e. The average Bonchev–Trinajstić information content (AvgIpc) is 3.35. The highest BCUT2D eigenvalue weighted by Gasteiger charge is 2.40. The van der Waals surface area contributed by atoms with E-state index in [1.165, 1.54) is 12.0 Å². The number of primary amides is 2. The van der Waals surface area contributed by atoms with Crippen molar-refractivity contribution >= 4 is 53.9 Å². The molecule has 4 atom stereocenters. The summed E-state index contributed by atoms with van der Waals surface area (Å²) < 4.78 is 38.3. The van der Waals surface area contributed by atoms with E-state index in [2.05, 4.69) is 16.0 Å². The summed E-state index contributed by atoms with van der Waals surface area (Å²) in [5.74, 6) is -0.0617. The average molecular weight is 1090 g/mol. The van der Waals surface area contributed by atoms with Crippen LogP contribution in [0.2, 0.25) is 0 Å². The molecule has 0 bridgehead atoms. The van der Waals surface area contributed by atoms with Crippen LogP contribution in [-0.4, -0.2) is 179 Å². The summed E-state index contributed by atoms with van der Waals surface area (Å²) in [4.78, 5) is 92.2. The van der Waals surface area contributed by atoms with Gasteiger partial charge < -0.3 is 75.3 Å². The van der Waals surface area contributed by atoms with E-state index in [0.29, 0.717) is 86.4 Å². The van der Waals surface area contributed by atoms with Crippen molar-refractivity contribution in [3.63, 3.8) is 0 Å². The lowest BCUT2D eigenvalue weighted by Crippen LogP contribution is -2.58. The predicted octanol–water partition coefficient (Wildman–Crippen LogP) is 4.22. The zero-order chi connectivity index (χ0) is 55.8. The molecule has 76 heavy (non-hydrogen) atoms. The van der Waals surface area contributed by atoms with Gasteiger partial charge in [0.05, 0.1) is 46.6 Å². The first-order valence-electron chi connectivity index (χ1n) is 25.6. The fraction of sp³-hybridized carbons (Fsp3) is 0.642. The van der Waals surface area contributed by atoms with Crippen LogP contribution in [0.25, 0.3) is 0 Å². The fourth-order valence-electron chi connectivity index (χ4n) is 8.82. The van der Waals surface area contributed by atoms with Crippen LogP contribution in [0.3, 0.4) is 0 Å². The molecule has 2 aliphatic rings. The zero-order valence-electron chi connectivity index (χ0n) is 46.4. The Labute approximate surface area is 454 Å². The molecule has 7 amide bonds. The number of methoxy groups -OCH3 is 4. The molecule has 2 saturated heterocycles. The smallest absolute Gasteiger partial charge is 0.410 e. The minimum atomic E-state index is -0.751. The van der Waals surface area contributed by atoms with Crippen LogP contribution in [-0.2, 0) is 33.4 Å². The lowest BCUT2D eigenvalue weighted by molar-refractivity contribution is -0.126. The number of halogens is 1. The number of hydrogen-bond acceptors (Lipinski definition) is 15. The van der Waals surface area contributed by atoms with E-state index >= 15 is 0 Å². The van der Waals surface area contributed by atoms with Crippen LogP contribution in [0.4, 0.5) is 4.79 Å². The molecule has 2 aromatic rings. The minimum Gasteiger partial charge on any atom is -0.493 e. The van der Waals surface area contributed by atoms with Gasteiger partial charge in [-0.15, -0.1) is 12.4 Å². The van der Waals surface area contributed by atoms with Crippen molar-refractivity contribution in [3.05, 3.63) is 47.5 Å². The maximum atomic E-state index is 13.9. The highest BCUT2D eigenvalue weighted by molar-refractivity contribution is 5.96. The standard InChI is InChI=1S/C29H46N4O8.C24H38N4O6.ClH/c1-19(2)33(27(36)20-9-12-23(39-7)24(15-20)40-14-8-13-38-6)22-11-10-21(16-26(35)31-17-25(30)34)32(18-22)28(37)41-29(3,4)5;1-16(2)28(19-8-7-18(26-14-19)13-23(30)27-15-22(25)29)24(31)17-6-9-20(33-4)21(12-17)34-11-5-10-32-3;/h9,12,15,19,21-22H,8,10-11,13-14,16-18H2,1-7H3,(H2,30,34)(H,31,35);6,9,12,16,18-19,26H,5,7-8,10-11,13-15H2,1-4H3,(H2,25,29)(H,27,30);1H/t21-,22+;18-,19+;/m00./s1. The number of rotatable bonds is 26. The van der Waals surface area contributed by atoms with Crippen LogP contribution in [0, 0.1) is 0 Å². The van der Waals surface area contributed by atoms with Gasteiger partial charge in [0.15, 0.2) is 23.0 Å². The first-order chi connectivity index (χ1) is 35.5. The Bertz CT molecular complexity index is 2190. The van der Waals surface area contributed by atoms with Crippen LogP contribution in [0.15, 0.2) is 36.4 Å². The first kappa shape index (κ1) is 66.0. The fourth-order valence-corrected chi connectivity index (χ4v) is 8.82. The molecule has 0 saturated carbocycles. The number of likely N-dealkylation sites (tertiary alicyclic amines) is 1. The third-order valence-corrected chi connectivity index (χ3v) is 12.3. The summed E-state index contributed by atoms with van der Waals surface area (Å²) in [6.07, 6.45) is 3.61. The van der Waals surface area contributed by atoms with Crippen molar-refractivity contribution in [2.45, 2.75) is 142 Å². The second-order valence-electron chi connectivity index (χ2n) is 20.0. The molecule has 428 valence electrons. The Kier molecular flexibility index (Phi) is 28.8. The number of amides is 7. The molecule has 0 aromatic heterocycles. The number of piperidine rings is 2. The van der Waals surface area contributed by atoms with Gasteiger partial charge in [0.2, 0.25) is 23.6 Å². The first-order valence-corrected chi connectivity index (χ1v) is 25.6. The van der Waals surface area contributed by atoms with Crippen LogP contribution in [0.5, 0.6) is 23.0 Å². The number of nitrogens with one attached hydrogen (secondary N) is 3. The number of benzene rings is 2. The Hall–Kier alpha value is -6.10. The van der Waals surface area contributed by atoms with E-state index < -0.39 is 35.5 Å². The second-order valence-corrected chi connectivity index (χ2v) is 20.0. The zero-order valence-corrected chi connectivity index (χ0v) is 47.2. The molecule has 0 spiro atoms. The summed E-state index contributed by atoms with van der Waals surface area (Å²) >= 11 is 0. The lowest BCUT2D eigenvalue weighted by Gasteiger charge is -2.45. The van der Waals surface area contributed by atoms with Gasteiger partial charge >= 0.3 is 6.09 Å². The van der Waals surface area contributed by atoms with Gasteiger partial charge in [-0.3, -0.25) is 28.8 Å². The molecule has 4 rings (SSSR count). The van der Waals surface area contributed by atoms with E-state index in [1.807, 2.05) is 32.6 Å². The Morgan fingerprint density at radius 1 is 0.658 bits per heavy atom. The molecule has 2 aliphatic heterocycles. The number of nitrogens with two attached hydrogens (primary N) is 2. The summed E-state index contributed by atoms with van der Waals surface area (Å²) in [5, 5.41) is 8.36. The third kappa shape index (κ3) is 21.9. The second kappa shape index (κ2) is 33.1. The highest BCUT2D eigenvalue weighted by atomic mass is 35.5. The quantitative estimate of drug-likeness (QED) is 0.0825. The minimum absolute atomic E-state index is 0. The van der Waals surface area contributed by atoms with Gasteiger partial charge in [-0.25, -0.2) is 4.79 Å². The van der Waals surface area contributed by atoms with Gasteiger partial charge in [0, 0.05) is 108 Å². The van der Waals surface area contributed by atoms with E-state index in [0.717, 1.165) is 19.3 Å². The van der Waals surface area contributed by atoms with Gasteiger partial charge in [0.1, 0.15) is 5.60 Å². The maximum Gasteiger partial charge on any atom is 0.410 e. The number of ether oxygens (including phenoxy) is 7. The summed E-state index contributed by atoms with van der Waals surface area (Å²) in [6, 6.07) is 9.28. The van der Waals surface area contributed by atoms with Crippen LogP contribution >= 0.6 is 12.4 Å². The van der Waals surface area contributed by atoms with Gasteiger partial charge in [-0.1, -0.05) is 0 Å². The molecule has 0 aliphatic carbocycles. The van der Waals surface area contributed by atoms with Crippen LogP contribution < -0.4 is 46.4 Å². The molecule has 22 nitrogen and oxygen atoms in total. The molecule has 0 radical (unpaired) electrons. The SMILES string of the molecule is COCCCOc1cc(C(=O)N(C(C)C)[C@@H]2CC[C@@H](CC(=O)NCC(N)=O)N(C(=O)OC(C)(C)C)C2)ccc1OC.COCCCOc1cc(C(=O)N(C(C)C)[C@@H]2CC[C@@H](CC(=O)NCC(N)=O)NC2)ccc1OC.Cl. The van der Waals surface area contributed by atoms with E-state index in [-0.39, 0.29) is 92.8 Å². The maximum absolute atomic E-state index is 13.9. The van der Waals surface area contributed by atoms with Gasteiger partial charge in [-0.2, -0.15) is 0 Å². The van der Waals surface area contributed by atoms with Gasteiger partial charge in [-0.05, 0) is 111 Å².